The zero-order chi connectivity index (χ0) is 16.3. The lowest BCUT2D eigenvalue weighted by atomic mass is 9.96. The lowest BCUT2D eigenvalue weighted by Crippen LogP contribution is -2.14. The average Bonchev–Trinajstić information content (AvgIpc) is 2.45. The molecule has 0 amide bonds. The molecule has 2 aromatic rings. The Balaban J connectivity index is 2.50. The third-order valence-electron chi connectivity index (χ3n) is 3.29. The van der Waals surface area contributed by atoms with Crippen molar-refractivity contribution in [2.75, 3.05) is 0 Å². The summed E-state index contributed by atoms with van der Waals surface area (Å²) in [6.07, 6.45) is -0.681. The number of nitro benzene ring substituents is 1. The summed E-state index contributed by atoms with van der Waals surface area (Å²) in [5.74, 6) is 0. The van der Waals surface area contributed by atoms with E-state index in [0.717, 1.165) is 5.56 Å². The van der Waals surface area contributed by atoms with Crippen LogP contribution in [0.15, 0.2) is 36.5 Å². The Hall–Kier alpha value is -2.96. The first kappa shape index (κ1) is 15.4. The number of ether oxygens (including phenoxy) is 1. The van der Waals surface area contributed by atoms with Crippen LogP contribution in [0.3, 0.4) is 0 Å². The lowest BCUT2D eigenvalue weighted by Gasteiger charge is -2.20. The number of non-ortho nitro benzene ring substituents is 1. The maximum Gasteiger partial charge on any atom is 0.506 e. The predicted molar refractivity (Wildman–Crippen MR) is 77.8 cm³/mol. The fourth-order valence-electron chi connectivity index (χ4n) is 2.27. The number of pyridine rings is 1. The minimum absolute atomic E-state index is 0.0718. The average molecular weight is 302 g/mol. The zero-order valence-corrected chi connectivity index (χ0v) is 12.0. The normalized spacial score (nSPS) is 11.7. The summed E-state index contributed by atoms with van der Waals surface area (Å²) in [5.41, 5.74) is 2.55. The van der Waals surface area contributed by atoms with Gasteiger partial charge in [-0.1, -0.05) is 0 Å². The first-order chi connectivity index (χ1) is 10.4. The Morgan fingerprint density at radius 3 is 2.41 bits per heavy atom. The number of carbonyl (C=O) groups is 1. The van der Waals surface area contributed by atoms with Crippen molar-refractivity contribution in [3.63, 3.8) is 0 Å². The Bertz CT molecular complexity index is 692. The van der Waals surface area contributed by atoms with Gasteiger partial charge in [0.25, 0.3) is 5.69 Å². The molecule has 2 rings (SSSR count). The standard InChI is InChI=1S/C15H14N2O5/c1-9-7-8-16-10(2)13(9)14(22-15(18)19)11-3-5-12(6-4-11)17(20)21/h3-8,14H,1-2H3,(H,18,19). The van der Waals surface area contributed by atoms with Gasteiger partial charge in [0, 0.05) is 29.6 Å². The van der Waals surface area contributed by atoms with E-state index in [4.69, 9.17) is 9.84 Å². The molecule has 0 aliphatic rings. The van der Waals surface area contributed by atoms with Gasteiger partial charge >= 0.3 is 6.16 Å². The highest BCUT2D eigenvalue weighted by Gasteiger charge is 2.23. The molecule has 0 aliphatic heterocycles. The van der Waals surface area contributed by atoms with E-state index >= 15 is 0 Å². The highest BCUT2D eigenvalue weighted by Crippen LogP contribution is 2.31. The van der Waals surface area contributed by atoms with Gasteiger partial charge in [0.2, 0.25) is 0 Å². The van der Waals surface area contributed by atoms with Crippen molar-refractivity contribution in [3.05, 3.63) is 69.0 Å². The molecule has 0 aliphatic carbocycles. The second-order valence-electron chi connectivity index (χ2n) is 4.74. The van der Waals surface area contributed by atoms with E-state index in [1.165, 1.54) is 24.3 Å². The molecule has 1 heterocycles. The van der Waals surface area contributed by atoms with Crippen LogP contribution in [0, 0.1) is 24.0 Å². The van der Waals surface area contributed by atoms with Gasteiger partial charge in [-0.3, -0.25) is 15.1 Å². The van der Waals surface area contributed by atoms with Crippen molar-refractivity contribution in [1.29, 1.82) is 0 Å². The van der Waals surface area contributed by atoms with Crippen molar-refractivity contribution in [2.24, 2.45) is 0 Å². The number of hydrogen-bond acceptors (Lipinski definition) is 5. The van der Waals surface area contributed by atoms with Crippen molar-refractivity contribution in [2.45, 2.75) is 20.0 Å². The highest BCUT2D eigenvalue weighted by atomic mass is 16.7. The Morgan fingerprint density at radius 2 is 1.91 bits per heavy atom. The molecular weight excluding hydrogens is 288 g/mol. The number of hydrogen-bond donors (Lipinski definition) is 1. The monoisotopic (exact) mass is 302 g/mol. The van der Waals surface area contributed by atoms with Crippen LogP contribution < -0.4 is 0 Å². The van der Waals surface area contributed by atoms with E-state index in [0.29, 0.717) is 16.8 Å². The van der Waals surface area contributed by atoms with Crippen LogP contribution in [0.1, 0.15) is 28.5 Å². The second-order valence-corrected chi connectivity index (χ2v) is 4.74. The lowest BCUT2D eigenvalue weighted by molar-refractivity contribution is -0.384. The molecule has 0 saturated heterocycles. The Morgan fingerprint density at radius 1 is 1.27 bits per heavy atom. The summed E-state index contributed by atoms with van der Waals surface area (Å²) >= 11 is 0. The van der Waals surface area contributed by atoms with Crippen molar-refractivity contribution >= 4 is 11.8 Å². The van der Waals surface area contributed by atoms with E-state index in [2.05, 4.69) is 4.98 Å². The molecule has 22 heavy (non-hydrogen) atoms. The number of nitro groups is 1. The molecule has 0 radical (unpaired) electrons. The van der Waals surface area contributed by atoms with Gasteiger partial charge < -0.3 is 9.84 Å². The first-order valence-electron chi connectivity index (χ1n) is 6.46. The van der Waals surface area contributed by atoms with Gasteiger partial charge in [-0.25, -0.2) is 4.79 Å². The van der Waals surface area contributed by atoms with Gasteiger partial charge in [0.05, 0.1) is 4.92 Å². The van der Waals surface area contributed by atoms with Crippen LogP contribution in [-0.4, -0.2) is 21.2 Å². The number of benzene rings is 1. The highest BCUT2D eigenvalue weighted by molar-refractivity contribution is 5.58. The molecule has 1 aromatic heterocycles. The predicted octanol–water partition coefficient (Wildman–Crippen LogP) is 3.39. The third kappa shape index (κ3) is 3.20. The third-order valence-corrected chi connectivity index (χ3v) is 3.29. The van der Waals surface area contributed by atoms with Gasteiger partial charge in [0.15, 0.2) is 6.10 Å². The topological polar surface area (TPSA) is 103 Å². The van der Waals surface area contributed by atoms with Crippen molar-refractivity contribution in [3.8, 4) is 0 Å². The maximum absolute atomic E-state index is 11.0. The van der Waals surface area contributed by atoms with E-state index in [1.54, 1.807) is 19.2 Å². The molecule has 7 nitrogen and oxygen atoms in total. The summed E-state index contributed by atoms with van der Waals surface area (Å²) in [7, 11) is 0. The molecule has 1 N–H and O–H groups in total. The van der Waals surface area contributed by atoms with E-state index in [9.17, 15) is 14.9 Å². The van der Waals surface area contributed by atoms with Gasteiger partial charge in [-0.15, -0.1) is 0 Å². The fourth-order valence-corrected chi connectivity index (χ4v) is 2.27. The minimum atomic E-state index is -1.42. The molecule has 1 aromatic carbocycles. The van der Waals surface area contributed by atoms with Crippen molar-refractivity contribution in [1.82, 2.24) is 4.98 Å². The van der Waals surface area contributed by atoms with Crippen LogP contribution in [0.5, 0.6) is 0 Å². The molecule has 7 heteroatoms. The van der Waals surface area contributed by atoms with Crippen molar-refractivity contribution < 1.29 is 19.6 Å². The number of carboxylic acid groups (broad SMARTS) is 1. The van der Waals surface area contributed by atoms with E-state index in [-0.39, 0.29) is 5.69 Å². The summed E-state index contributed by atoms with van der Waals surface area (Å²) in [4.78, 5) is 25.4. The van der Waals surface area contributed by atoms with Gasteiger partial charge in [-0.2, -0.15) is 0 Å². The van der Waals surface area contributed by atoms with Crippen LogP contribution in [0.2, 0.25) is 0 Å². The van der Waals surface area contributed by atoms with Crippen LogP contribution in [0.4, 0.5) is 10.5 Å². The molecule has 1 unspecified atom stereocenters. The molecule has 114 valence electrons. The smallest absolute Gasteiger partial charge is 0.450 e. The molecule has 0 bridgehead atoms. The SMILES string of the molecule is Cc1ccnc(C)c1C(OC(=O)O)c1ccc([N+](=O)[O-])cc1. The molecule has 0 spiro atoms. The number of rotatable bonds is 4. The summed E-state index contributed by atoms with van der Waals surface area (Å²) in [6.45, 7) is 3.58. The quantitative estimate of drug-likeness (QED) is 0.527. The molecular formula is C15H14N2O5. The molecule has 1 atom stereocenters. The molecule has 0 saturated carbocycles. The summed E-state index contributed by atoms with van der Waals surface area (Å²) in [6, 6.07) is 7.35. The van der Waals surface area contributed by atoms with E-state index < -0.39 is 17.2 Å². The Labute approximate surface area is 126 Å². The Kier molecular flexibility index (Phi) is 4.36. The largest absolute Gasteiger partial charge is 0.506 e. The first-order valence-corrected chi connectivity index (χ1v) is 6.46. The number of aryl methyl sites for hydroxylation is 2. The molecule has 0 fully saturated rings. The van der Waals surface area contributed by atoms with Crippen LogP contribution in [0.25, 0.3) is 0 Å². The maximum atomic E-state index is 11.0. The van der Waals surface area contributed by atoms with Crippen LogP contribution >= 0.6 is 0 Å². The zero-order valence-electron chi connectivity index (χ0n) is 12.0. The number of nitrogens with zero attached hydrogens (tertiary/aromatic N) is 2. The second kappa shape index (κ2) is 6.21. The van der Waals surface area contributed by atoms with Gasteiger partial charge in [-0.05, 0) is 43.2 Å². The summed E-state index contributed by atoms with van der Waals surface area (Å²) < 4.78 is 4.99. The minimum Gasteiger partial charge on any atom is -0.450 e. The van der Waals surface area contributed by atoms with Crippen LogP contribution in [-0.2, 0) is 4.74 Å². The van der Waals surface area contributed by atoms with E-state index in [1.807, 2.05) is 6.92 Å². The fraction of sp³-hybridized carbons (Fsp3) is 0.200. The summed E-state index contributed by atoms with van der Waals surface area (Å²) in [5, 5.41) is 19.7. The number of aromatic nitrogens is 1. The van der Waals surface area contributed by atoms with Gasteiger partial charge in [0.1, 0.15) is 0 Å².